The summed E-state index contributed by atoms with van der Waals surface area (Å²) in [5.74, 6) is -3.13. The van der Waals surface area contributed by atoms with E-state index in [2.05, 4.69) is 0 Å². The molecule has 1 N–H and O–H groups in total. The third-order valence-electron chi connectivity index (χ3n) is 2.98. The van der Waals surface area contributed by atoms with Crippen molar-refractivity contribution >= 4 is 0 Å². The van der Waals surface area contributed by atoms with Gasteiger partial charge in [0.1, 0.15) is 0 Å². The molecule has 0 spiro atoms. The molecule has 0 saturated heterocycles. The molecule has 0 radical (unpaired) electrons. The smallest absolute Gasteiger partial charge is 0.248 e. The molecule has 14 heavy (non-hydrogen) atoms. The Balaban J connectivity index is 2.55. The van der Waals surface area contributed by atoms with E-state index in [1.54, 1.807) is 6.08 Å². The van der Waals surface area contributed by atoms with Crippen molar-refractivity contribution in [2.24, 2.45) is 5.92 Å². The lowest BCUT2D eigenvalue weighted by molar-refractivity contribution is -0.0439. The van der Waals surface area contributed by atoms with Crippen molar-refractivity contribution in [3.05, 3.63) is 11.6 Å². The molecule has 1 unspecified atom stereocenters. The van der Waals surface area contributed by atoms with Crippen LogP contribution in [0.4, 0.5) is 8.78 Å². The molecule has 0 heterocycles. The SMILES string of the molecule is CC[C@@H](O)C1=CCC(C(C)(F)F)CC1. The van der Waals surface area contributed by atoms with E-state index in [4.69, 9.17) is 0 Å². The first-order valence-corrected chi connectivity index (χ1v) is 5.20. The fourth-order valence-corrected chi connectivity index (χ4v) is 1.88. The van der Waals surface area contributed by atoms with E-state index < -0.39 is 17.9 Å². The summed E-state index contributed by atoms with van der Waals surface area (Å²) in [7, 11) is 0. The van der Waals surface area contributed by atoms with Crippen molar-refractivity contribution in [2.45, 2.75) is 51.6 Å². The minimum absolute atomic E-state index is 0.399. The van der Waals surface area contributed by atoms with Gasteiger partial charge in [-0.1, -0.05) is 13.0 Å². The van der Waals surface area contributed by atoms with Gasteiger partial charge in [-0.25, -0.2) is 8.78 Å². The summed E-state index contributed by atoms with van der Waals surface area (Å²) in [5, 5.41) is 9.52. The maximum Gasteiger partial charge on any atom is 0.248 e. The van der Waals surface area contributed by atoms with Gasteiger partial charge < -0.3 is 5.11 Å². The maximum absolute atomic E-state index is 12.9. The van der Waals surface area contributed by atoms with E-state index in [1.165, 1.54) is 0 Å². The van der Waals surface area contributed by atoms with E-state index in [1.807, 2.05) is 6.92 Å². The van der Waals surface area contributed by atoms with E-state index in [9.17, 15) is 13.9 Å². The molecule has 1 rings (SSSR count). The van der Waals surface area contributed by atoms with Crippen molar-refractivity contribution in [2.75, 3.05) is 0 Å². The number of hydrogen-bond acceptors (Lipinski definition) is 1. The van der Waals surface area contributed by atoms with Crippen molar-refractivity contribution in [1.82, 2.24) is 0 Å². The molecular weight excluding hydrogens is 186 g/mol. The van der Waals surface area contributed by atoms with Crippen molar-refractivity contribution in [3.8, 4) is 0 Å². The molecule has 1 aliphatic rings. The highest BCUT2D eigenvalue weighted by atomic mass is 19.3. The number of hydrogen-bond donors (Lipinski definition) is 1. The van der Waals surface area contributed by atoms with Crippen LogP contribution in [0.5, 0.6) is 0 Å². The molecule has 0 bridgehead atoms. The van der Waals surface area contributed by atoms with Crippen LogP contribution in [-0.4, -0.2) is 17.1 Å². The lowest BCUT2D eigenvalue weighted by atomic mass is 9.84. The Labute approximate surface area is 83.8 Å². The Morgan fingerprint density at radius 2 is 2.29 bits per heavy atom. The van der Waals surface area contributed by atoms with Crippen LogP contribution in [0.15, 0.2) is 11.6 Å². The van der Waals surface area contributed by atoms with Crippen LogP contribution < -0.4 is 0 Å². The monoisotopic (exact) mass is 204 g/mol. The summed E-state index contributed by atoms with van der Waals surface area (Å²) < 4.78 is 25.9. The van der Waals surface area contributed by atoms with Crippen LogP contribution >= 0.6 is 0 Å². The summed E-state index contributed by atoms with van der Waals surface area (Å²) >= 11 is 0. The maximum atomic E-state index is 12.9. The predicted octanol–water partition coefficient (Wildman–Crippen LogP) is 3.14. The van der Waals surface area contributed by atoms with Gasteiger partial charge in [-0.2, -0.15) is 0 Å². The normalized spacial score (nSPS) is 25.8. The number of aliphatic hydroxyl groups excluding tert-OH is 1. The molecule has 0 amide bonds. The van der Waals surface area contributed by atoms with E-state index >= 15 is 0 Å². The minimum atomic E-state index is -2.58. The molecule has 0 aromatic heterocycles. The zero-order valence-electron chi connectivity index (χ0n) is 8.76. The second-order valence-corrected chi connectivity index (χ2v) is 4.13. The number of aliphatic hydroxyl groups is 1. The minimum Gasteiger partial charge on any atom is -0.389 e. The van der Waals surface area contributed by atoms with Gasteiger partial charge in [-0.15, -0.1) is 0 Å². The third kappa shape index (κ3) is 2.77. The zero-order valence-corrected chi connectivity index (χ0v) is 8.76. The van der Waals surface area contributed by atoms with Gasteiger partial charge in [0, 0.05) is 5.92 Å². The van der Waals surface area contributed by atoms with Gasteiger partial charge in [-0.05, 0) is 38.2 Å². The van der Waals surface area contributed by atoms with Crippen molar-refractivity contribution < 1.29 is 13.9 Å². The van der Waals surface area contributed by atoms with Crippen LogP contribution in [0.3, 0.4) is 0 Å². The fraction of sp³-hybridized carbons (Fsp3) is 0.818. The molecule has 1 aliphatic carbocycles. The van der Waals surface area contributed by atoms with Gasteiger partial charge in [-0.3, -0.25) is 0 Å². The first kappa shape index (κ1) is 11.6. The van der Waals surface area contributed by atoms with Gasteiger partial charge in [0.15, 0.2) is 0 Å². The molecule has 2 atom stereocenters. The first-order valence-electron chi connectivity index (χ1n) is 5.20. The molecule has 3 heteroatoms. The molecule has 0 aromatic carbocycles. The second-order valence-electron chi connectivity index (χ2n) is 4.13. The average molecular weight is 204 g/mol. The highest BCUT2D eigenvalue weighted by Crippen LogP contribution is 2.36. The molecule has 1 nitrogen and oxygen atoms in total. The van der Waals surface area contributed by atoms with Gasteiger partial charge in [0.2, 0.25) is 5.92 Å². The Hall–Kier alpha value is -0.440. The number of rotatable bonds is 3. The Kier molecular flexibility index (Phi) is 3.65. The predicted molar refractivity (Wildman–Crippen MR) is 52.3 cm³/mol. The van der Waals surface area contributed by atoms with Gasteiger partial charge >= 0.3 is 0 Å². The van der Waals surface area contributed by atoms with Crippen LogP contribution in [-0.2, 0) is 0 Å². The highest BCUT2D eigenvalue weighted by Gasteiger charge is 2.35. The van der Waals surface area contributed by atoms with Crippen molar-refractivity contribution in [1.29, 1.82) is 0 Å². The first-order chi connectivity index (χ1) is 6.45. The summed E-state index contributed by atoms with van der Waals surface area (Å²) in [6.45, 7) is 2.87. The van der Waals surface area contributed by atoms with Crippen LogP contribution in [0.2, 0.25) is 0 Å². The molecule has 0 saturated carbocycles. The molecule has 82 valence electrons. The van der Waals surface area contributed by atoms with E-state index in [0.29, 0.717) is 25.7 Å². The van der Waals surface area contributed by atoms with Crippen LogP contribution in [0.25, 0.3) is 0 Å². The largest absolute Gasteiger partial charge is 0.389 e. The topological polar surface area (TPSA) is 20.2 Å². The molecule has 0 fully saturated rings. The van der Waals surface area contributed by atoms with Crippen LogP contribution in [0, 0.1) is 5.92 Å². The fourth-order valence-electron chi connectivity index (χ4n) is 1.88. The lowest BCUT2D eigenvalue weighted by Crippen LogP contribution is -2.27. The molecular formula is C11H18F2O. The molecule has 0 aliphatic heterocycles. The highest BCUT2D eigenvalue weighted by molar-refractivity contribution is 5.12. The van der Waals surface area contributed by atoms with Crippen LogP contribution in [0.1, 0.15) is 39.5 Å². The van der Waals surface area contributed by atoms with Crippen molar-refractivity contribution in [3.63, 3.8) is 0 Å². The Bertz CT molecular complexity index is 218. The summed E-state index contributed by atoms with van der Waals surface area (Å²) in [6, 6.07) is 0. The standard InChI is InChI=1S/C11H18F2O/c1-3-10(14)8-4-6-9(7-5-8)11(2,12)13/h4,9-10,14H,3,5-7H2,1-2H3/t9?,10-/m1/s1. The van der Waals surface area contributed by atoms with Gasteiger partial charge in [0.05, 0.1) is 6.10 Å². The van der Waals surface area contributed by atoms with Gasteiger partial charge in [0.25, 0.3) is 0 Å². The van der Waals surface area contributed by atoms with E-state index in [0.717, 1.165) is 12.5 Å². The zero-order chi connectivity index (χ0) is 10.8. The second kappa shape index (κ2) is 4.39. The summed E-state index contributed by atoms with van der Waals surface area (Å²) in [6.07, 6.45) is 3.53. The number of allylic oxidation sites excluding steroid dienone is 1. The summed E-state index contributed by atoms with van der Waals surface area (Å²) in [4.78, 5) is 0. The molecule has 0 aromatic rings. The summed E-state index contributed by atoms with van der Waals surface area (Å²) in [5.41, 5.74) is 0.938. The Morgan fingerprint density at radius 1 is 1.64 bits per heavy atom. The number of alkyl halides is 2. The average Bonchev–Trinajstić information content (AvgIpc) is 2.15. The van der Waals surface area contributed by atoms with E-state index in [-0.39, 0.29) is 0 Å². The quantitative estimate of drug-likeness (QED) is 0.700. The lowest BCUT2D eigenvalue weighted by Gasteiger charge is -2.28. The Morgan fingerprint density at radius 3 is 2.64 bits per heavy atom. The third-order valence-corrected chi connectivity index (χ3v) is 2.98. The number of halogens is 2.